The van der Waals surface area contributed by atoms with Crippen LogP contribution in [0.1, 0.15) is 78.4 Å². The van der Waals surface area contributed by atoms with E-state index >= 15 is 0 Å². The predicted molar refractivity (Wildman–Crippen MR) is 196 cm³/mol. The predicted octanol–water partition coefficient (Wildman–Crippen LogP) is 5.18. The summed E-state index contributed by atoms with van der Waals surface area (Å²) in [5, 5.41) is 8.93. The van der Waals surface area contributed by atoms with Crippen molar-refractivity contribution in [2.24, 2.45) is 10.9 Å². The van der Waals surface area contributed by atoms with Gasteiger partial charge in [-0.1, -0.05) is 72.8 Å². The van der Waals surface area contributed by atoms with Crippen molar-refractivity contribution in [3.63, 3.8) is 0 Å². The molecule has 9 nitrogen and oxygen atoms in total. The number of amidine groups is 1. The first-order valence-corrected chi connectivity index (χ1v) is 19.2. The molecule has 0 aromatic heterocycles. The van der Waals surface area contributed by atoms with Crippen molar-refractivity contribution in [2.75, 3.05) is 39.3 Å². The molecule has 0 bridgehead atoms. The summed E-state index contributed by atoms with van der Waals surface area (Å²) < 4.78 is 6.38. The van der Waals surface area contributed by atoms with Gasteiger partial charge in [0.1, 0.15) is 4.05 Å². The van der Waals surface area contributed by atoms with Crippen LogP contribution in [-0.2, 0) is 14.3 Å². The summed E-state index contributed by atoms with van der Waals surface area (Å²) in [5.74, 6) is 0.604. The van der Waals surface area contributed by atoms with Crippen LogP contribution in [-0.4, -0.2) is 105 Å². The van der Waals surface area contributed by atoms with Gasteiger partial charge in [0.2, 0.25) is 11.8 Å². The smallest absolute Gasteiger partial charge is 0.289 e. The standard InChI is InChI=1S/C35H53IN6O3S/c1-24(2)38-29(20-26-12-15-40(16-13-26)25(3)4)33(44)42-18-17-41(34-39-32(36)31(45-34)27-10-7-6-8-11-27)22-28(42)21-30(43)37-23-35(5)14-9-19-46-35/h6-11,19,24-26,28-29,31-32,38H,12-18,20-23H2,1-5H3,(H,37,43)/t28-,29-,31+,32-,35?/m1/s1. The third kappa shape index (κ3) is 9.19. The molecule has 1 aromatic carbocycles. The average Bonchev–Trinajstić information content (AvgIpc) is 3.65. The Balaban J connectivity index is 1.29. The number of benzene rings is 1. The van der Waals surface area contributed by atoms with E-state index in [1.165, 1.54) is 0 Å². The Labute approximate surface area is 293 Å². The van der Waals surface area contributed by atoms with E-state index in [9.17, 15) is 9.59 Å². The molecule has 0 spiro atoms. The van der Waals surface area contributed by atoms with Crippen molar-refractivity contribution < 1.29 is 14.3 Å². The van der Waals surface area contributed by atoms with Crippen molar-refractivity contribution >= 4 is 52.2 Å². The molecule has 1 aromatic rings. The lowest BCUT2D eigenvalue weighted by atomic mass is 9.88. The average molecular weight is 765 g/mol. The Morgan fingerprint density at radius 3 is 2.50 bits per heavy atom. The number of nitrogens with one attached hydrogen (secondary N) is 2. The molecule has 254 valence electrons. The van der Waals surface area contributed by atoms with E-state index in [4.69, 9.17) is 9.73 Å². The zero-order valence-corrected chi connectivity index (χ0v) is 31.1. The lowest BCUT2D eigenvalue weighted by molar-refractivity contribution is -0.140. The highest BCUT2D eigenvalue weighted by Crippen LogP contribution is 2.36. The quantitative estimate of drug-likeness (QED) is 0.183. The molecular weight excluding hydrogens is 711 g/mol. The minimum Gasteiger partial charge on any atom is -0.454 e. The van der Waals surface area contributed by atoms with Crippen molar-refractivity contribution in [1.29, 1.82) is 0 Å². The maximum atomic E-state index is 14.4. The number of amides is 2. The SMILES string of the molecule is CC(C)N[C@H](CC1CCN(C(C)C)CC1)C(=O)N1CCN(C2=N[C@@H](I)[C@H](c3ccccc3)O2)C[C@H]1CC(=O)NCC1(C)CC=CS1. The molecule has 46 heavy (non-hydrogen) atoms. The molecule has 2 saturated heterocycles. The number of hydrogen-bond donors (Lipinski definition) is 2. The molecule has 11 heteroatoms. The maximum Gasteiger partial charge on any atom is 0.289 e. The minimum absolute atomic E-state index is 0.0176. The first-order valence-electron chi connectivity index (χ1n) is 17.1. The number of nitrogens with zero attached hydrogens (tertiary/aromatic N) is 4. The number of alkyl halides is 1. The van der Waals surface area contributed by atoms with Crippen molar-refractivity contribution in [3.8, 4) is 0 Å². The molecule has 1 unspecified atom stereocenters. The van der Waals surface area contributed by atoms with Gasteiger partial charge in [-0.05, 0) is 76.4 Å². The highest BCUT2D eigenvalue weighted by atomic mass is 127. The fourth-order valence-corrected chi connectivity index (χ4v) is 8.69. The molecule has 4 aliphatic rings. The number of rotatable bonds is 11. The van der Waals surface area contributed by atoms with Crippen LogP contribution < -0.4 is 10.6 Å². The van der Waals surface area contributed by atoms with Crippen LogP contribution in [0.25, 0.3) is 0 Å². The largest absolute Gasteiger partial charge is 0.454 e. The second-order valence-electron chi connectivity index (χ2n) is 14.2. The fourth-order valence-electron chi connectivity index (χ4n) is 7.02. The Hall–Kier alpha value is -1.83. The van der Waals surface area contributed by atoms with Gasteiger partial charge < -0.3 is 30.1 Å². The van der Waals surface area contributed by atoms with Crippen LogP contribution in [0.4, 0.5) is 0 Å². The lowest BCUT2D eigenvalue weighted by Gasteiger charge is -2.43. The van der Waals surface area contributed by atoms with Gasteiger partial charge in [-0.25, -0.2) is 4.99 Å². The molecule has 2 amide bonds. The van der Waals surface area contributed by atoms with E-state index in [2.05, 4.69) is 101 Å². The van der Waals surface area contributed by atoms with Gasteiger partial charge in [-0.15, -0.1) is 11.8 Å². The van der Waals surface area contributed by atoms with Crippen molar-refractivity contribution in [3.05, 3.63) is 47.4 Å². The van der Waals surface area contributed by atoms with Crippen LogP contribution in [0.3, 0.4) is 0 Å². The zero-order valence-electron chi connectivity index (χ0n) is 28.2. The second kappa shape index (κ2) is 16.0. The molecular formula is C35H53IN6O3S. The van der Waals surface area contributed by atoms with Gasteiger partial charge in [0.15, 0.2) is 6.10 Å². The number of hydrogen-bond acceptors (Lipinski definition) is 8. The monoisotopic (exact) mass is 764 g/mol. The number of ether oxygens (including phenoxy) is 1. The minimum atomic E-state index is -0.280. The summed E-state index contributed by atoms with van der Waals surface area (Å²) in [4.78, 5) is 39.5. The summed E-state index contributed by atoms with van der Waals surface area (Å²) in [6, 6.07) is 11.0. The molecule has 0 aliphatic carbocycles. The molecule has 5 rings (SSSR count). The number of carbonyl (C=O) groups is 2. The lowest BCUT2D eigenvalue weighted by Crippen LogP contribution is -2.61. The van der Waals surface area contributed by atoms with Gasteiger partial charge >= 0.3 is 0 Å². The first kappa shape index (κ1) is 35.5. The number of likely N-dealkylation sites (tertiary alicyclic amines) is 1. The number of allylic oxidation sites excluding steroid dienone is 1. The normalized spacial score (nSPS) is 28.1. The van der Waals surface area contributed by atoms with Crippen LogP contribution in [0, 0.1) is 5.92 Å². The highest BCUT2D eigenvalue weighted by molar-refractivity contribution is 14.1. The third-order valence-electron chi connectivity index (χ3n) is 9.74. The maximum absolute atomic E-state index is 14.4. The Morgan fingerprint density at radius 1 is 1.11 bits per heavy atom. The topological polar surface area (TPSA) is 89.5 Å². The van der Waals surface area contributed by atoms with Crippen molar-refractivity contribution in [1.82, 2.24) is 25.3 Å². The van der Waals surface area contributed by atoms with E-state index in [1.54, 1.807) is 11.8 Å². The summed E-state index contributed by atoms with van der Waals surface area (Å²) in [7, 11) is 0. The van der Waals surface area contributed by atoms with Gasteiger partial charge in [0.05, 0.1) is 12.1 Å². The summed E-state index contributed by atoms with van der Waals surface area (Å²) >= 11 is 4.11. The molecule has 0 radical (unpaired) electrons. The van der Waals surface area contributed by atoms with Crippen LogP contribution >= 0.6 is 34.4 Å². The van der Waals surface area contributed by atoms with E-state index in [-0.39, 0.29) is 51.3 Å². The molecule has 2 fully saturated rings. The van der Waals surface area contributed by atoms with E-state index in [1.807, 2.05) is 23.1 Å². The third-order valence-corrected chi connectivity index (χ3v) is 11.9. The Morgan fingerprint density at radius 2 is 1.85 bits per heavy atom. The number of piperazine rings is 1. The number of piperidine rings is 1. The molecule has 4 aliphatic heterocycles. The molecule has 4 heterocycles. The summed E-state index contributed by atoms with van der Waals surface area (Å²) in [6.07, 6.45) is 6.26. The Bertz CT molecular complexity index is 1230. The van der Waals surface area contributed by atoms with Crippen LogP contribution in [0.5, 0.6) is 0 Å². The van der Waals surface area contributed by atoms with Gasteiger partial charge in [0.25, 0.3) is 6.02 Å². The number of aliphatic imine (C=N–C) groups is 1. The first-order chi connectivity index (χ1) is 22.0. The van der Waals surface area contributed by atoms with Gasteiger partial charge in [-0.3, -0.25) is 9.59 Å². The van der Waals surface area contributed by atoms with E-state index in [0.717, 1.165) is 44.3 Å². The number of halogens is 1. The van der Waals surface area contributed by atoms with E-state index < -0.39 is 0 Å². The molecule has 5 atom stereocenters. The zero-order chi connectivity index (χ0) is 32.8. The fraction of sp³-hybridized carbons (Fsp3) is 0.686. The Kier molecular flexibility index (Phi) is 12.4. The highest BCUT2D eigenvalue weighted by Gasteiger charge is 2.41. The van der Waals surface area contributed by atoms with Crippen LogP contribution in [0.2, 0.25) is 0 Å². The van der Waals surface area contributed by atoms with Gasteiger partial charge in [-0.2, -0.15) is 0 Å². The number of thioether (sulfide) groups is 1. The van der Waals surface area contributed by atoms with E-state index in [0.29, 0.717) is 44.2 Å². The molecule has 2 N–H and O–H groups in total. The second-order valence-corrected chi connectivity index (χ2v) is 16.9. The summed E-state index contributed by atoms with van der Waals surface area (Å²) in [5.41, 5.74) is 1.10. The van der Waals surface area contributed by atoms with Crippen molar-refractivity contribution in [2.45, 2.75) is 106 Å². The molecule has 0 saturated carbocycles. The van der Waals surface area contributed by atoms with Gasteiger partial charge in [0, 0.05) is 49.4 Å². The van der Waals surface area contributed by atoms with Crippen LogP contribution in [0.15, 0.2) is 46.8 Å². The summed E-state index contributed by atoms with van der Waals surface area (Å²) in [6.45, 7) is 15.4. The number of carbonyl (C=O) groups excluding carboxylic acids is 2.